The summed E-state index contributed by atoms with van der Waals surface area (Å²) in [6, 6.07) is 17.9. The largest absolute Gasteiger partial charge is 0.493 e. The molecule has 0 aliphatic rings. The standard InChI is InChI=1S/C23H19N5O4S/c1-30-16-9-10-17-18(19(16)31-2)20(21(33-17)22(29)24-23-25-27-28-26-23)32-12-13-7-8-14-5-3-4-6-15(14)11-13/h3-11H,12H2,1-2H3,(H2,24,25,26,27,28,29). The molecule has 0 atom stereocenters. The summed E-state index contributed by atoms with van der Waals surface area (Å²) in [6.45, 7) is 0.263. The Morgan fingerprint density at radius 2 is 1.88 bits per heavy atom. The van der Waals surface area contributed by atoms with Crippen LogP contribution in [0.15, 0.2) is 54.6 Å². The number of nitrogens with one attached hydrogen (secondary N) is 2. The number of anilines is 1. The Morgan fingerprint density at radius 1 is 1.03 bits per heavy atom. The van der Waals surface area contributed by atoms with E-state index in [1.165, 1.54) is 11.3 Å². The number of hydrogen-bond donors (Lipinski definition) is 2. The van der Waals surface area contributed by atoms with E-state index in [9.17, 15) is 4.79 Å². The van der Waals surface area contributed by atoms with Crippen LogP contribution in [0.5, 0.6) is 17.2 Å². The number of carbonyl (C=O) groups excluding carboxylic acids is 1. The Labute approximate surface area is 192 Å². The predicted octanol–water partition coefficient (Wildman–Crippen LogP) is 4.42. The van der Waals surface area contributed by atoms with Crippen LogP contribution >= 0.6 is 11.3 Å². The lowest BCUT2D eigenvalue weighted by molar-refractivity contribution is 0.102. The Hall–Kier alpha value is -4.18. The molecule has 0 saturated heterocycles. The molecule has 0 saturated carbocycles. The Bertz CT molecular complexity index is 1450. The number of carbonyl (C=O) groups is 1. The first-order valence-corrected chi connectivity index (χ1v) is 10.8. The summed E-state index contributed by atoms with van der Waals surface area (Å²) in [5.74, 6) is 1.11. The minimum atomic E-state index is -0.410. The molecule has 10 heteroatoms. The molecule has 0 spiro atoms. The lowest BCUT2D eigenvalue weighted by atomic mass is 10.1. The lowest BCUT2D eigenvalue weighted by Gasteiger charge is -2.12. The van der Waals surface area contributed by atoms with E-state index in [1.54, 1.807) is 20.3 Å². The van der Waals surface area contributed by atoms with E-state index >= 15 is 0 Å². The van der Waals surface area contributed by atoms with Gasteiger partial charge in [-0.15, -0.1) is 16.4 Å². The van der Waals surface area contributed by atoms with E-state index in [0.717, 1.165) is 21.0 Å². The van der Waals surface area contributed by atoms with Crippen LogP contribution in [0.2, 0.25) is 0 Å². The highest BCUT2D eigenvalue weighted by atomic mass is 32.1. The maximum absolute atomic E-state index is 13.1. The van der Waals surface area contributed by atoms with Crippen molar-refractivity contribution in [2.75, 3.05) is 19.5 Å². The van der Waals surface area contributed by atoms with Gasteiger partial charge in [0.1, 0.15) is 11.5 Å². The van der Waals surface area contributed by atoms with Crippen molar-refractivity contribution in [2.45, 2.75) is 6.61 Å². The number of thiophene rings is 1. The molecule has 0 unspecified atom stereocenters. The van der Waals surface area contributed by atoms with Crippen molar-refractivity contribution in [2.24, 2.45) is 0 Å². The van der Waals surface area contributed by atoms with Gasteiger partial charge in [-0.1, -0.05) is 41.5 Å². The van der Waals surface area contributed by atoms with Gasteiger partial charge in [-0.3, -0.25) is 10.1 Å². The van der Waals surface area contributed by atoms with Crippen molar-refractivity contribution >= 4 is 44.1 Å². The number of benzene rings is 3. The molecule has 1 amide bonds. The number of H-pyrrole nitrogens is 1. The van der Waals surface area contributed by atoms with Crippen LogP contribution in [0.3, 0.4) is 0 Å². The number of amides is 1. The van der Waals surface area contributed by atoms with Gasteiger partial charge in [-0.2, -0.15) is 5.21 Å². The summed E-state index contributed by atoms with van der Waals surface area (Å²) in [5.41, 5.74) is 0.972. The van der Waals surface area contributed by atoms with Crippen LogP contribution in [0.4, 0.5) is 5.95 Å². The molecule has 166 valence electrons. The van der Waals surface area contributed by atoms with Crippen LogP contribution in [0, 0.1) is 0 Å². The van der Waals surface area contributed by atoms with E-state index < -0.39 is 5.91 Å². The smallest absolute Gasteiger partial charge is 0.272 e. The molecule has 2 N–H and O–H groups in total. The molecule has 0 aliphatic carbocycles. The van der Waals surface area contributed by atoms with Gasteiger partial charge >= 0.3 is 0 Å². The third-order valence-corrected chi connectivity index (χ3v) is 6.26. The normalized spacial score (nSPS) is 11.0. The van der Waals surface area contributed by atoms with Gasteiger partial charge in [0.05, 0.1) is 19.6 Å². The Balaban J connectivity index is 1.56. The van der Waals surface area contributed by atoms with E-state index in [2.05, 4.69) is 44.1 Å². The van der Waals surface area contributed by atoms with Gasteiger partial charge in [0.25, 0.3) is 11.9 Å². The minimum absolute atomic E-state index is 0.0717. The lowest BCUT2D eigenvalue weighted by Crippen LogP contribution is -2.13. The second-order valence-electron chi connectivity index (χ2n) is 7.09. The number of rotatable bonds is 7. The van der Waals surface area contributed by atoms with Crippen LogP contribution in [-0.4, -0.2) is 40.8 Å². The number of tetrazole rings is 1. The quantitative estimate of drug-likeness (QED) is 0.369. The molecule has 2 heterocycles. The number of aromatic nitrogens is 4. The van der Waals surface area contributed by atoms with Gasteiger partial charge in [-0.05, 0) is 39.7 Å². The molecular formula is C23H19N5O4S. The van der Waals surface area contributed by atoms with Gasteiger partial charge in [-0.25, -0.2) is 0 Å². The van der Waals surface area contributed by atoms with E-state index in [4.69, 9.17) is 14.2 Å². The fraction of sp³-hybridized carbons (Fsp3) is 0.130. The highest BCUT2D eigenvalue weighted by Gasteiger charge is 2.25. The summed E-state index contributed by atoms with van der Waals surface area (Å²) in [7, 11) is 3.12. The van der Waals surface area contributed by atoms with Crippen LogP contribution in [-0.2, 0) is 6.61 Å². The first kappa shape index (κ1) is 20.7. The van der Waals surface area contributed by atoms with E-state index in [0.29, 0.717) is 27.5 Å². The summed E-state index contributed by atoms with van der Waals surface area (Å²) >= 11 is 1.28. The van der Waals surface area contributed by atoms with Crippen molar-refractivity contribution in [1.29, 1.82) is 0 Å². The molecular weight excluding hydrogens is 442 g/mol. The van der Waals surface area contributed by atoms with Crippen molar-refractivity contribution < 1.29 is 19.0 Å². The molecule has 9 nitrogen and oxygen atoms in total. The second kappa shape index (κ2) is 8.75. The number of ether oxygens (including phenoxy) is 3. The molecule has 0 radical (unpaired) electrons. The number of fused-ring (bicyclic) bond motifs is 2. The van der Waals surface area contributed by atoms with E-state index in [-0.39, 0.29) is 12.6 Å². The third kappa shape index (κ3) is 3.92. The maximum atomic E-state index is 13.1. The Kier molecular flexibility index (Phi) is 5.49. The molecule has 33 heavy (non-hydrogen) atoms. The van der Waals surface area contributed by atoms with E-state index in [1.807, 2.05) is 30.3 Å². The monoisotopic (exact) mass is 461 g/mol. The maximum Gasteiger partial charge on any atom is 0.272 e. The first-order chi connectivity index (χ1) is 16.2. The van der Waals surface area contributed by atoms with Gasteiger partial charge < -0.3 is 14.2 Å². The van der Waals surface area contributed by atoms with Gasteiger partial charge in [0.2, 0.25) is 0 Å². The topological polar surface area (TPSA) is 111 Å². The zero-order valence-corrected chi connectivity index (χ0v) is 18.6. The second-order valence-corrected chi connectivity index (χ2v) is 8.15. The number of nitrogens with zero attached hydrogens (tertiary/aromatic N) is 3. The fourth-order valence-electron chi connectivity index (χ4n) is 3.62. The van der Waals surface area contributed by atoms with Gasteiger partial charge in [0, 0.05) is 4.70 Å². The van der Waals surface area contributed by atoms with Crippen molar-refractivity contribution in [3.8, 4) is 17.2 Å². The fourth-order valence-corrected chi connectivity index (χ4v) is 4.66. The average molecular weight is 462 g/mol. The SMILES string of the molecule is COc1ccc2sc(C(=O)Nc3nn[nH]n3)c(OCc3ccc4ccccc4c3)c2c1OC. The first-order valence-electron chi connectivity index (χ1n) is 10.0. The minimum Gasteiger partial charge on any atom is -0.493 e. The molecule has 0 fully saturated rings. The van der Waals surface area contributed by atoms with Crippen molar-refractivity contribution in [1.82, 2.24) is 20.6 Å². The summed E-state index contributed by atoms with van der Waals surface area (Å²) < 4.78 is 18.2. The van der Waals surface area contributed by atoms with Gasteiger partial charge in [0.15, 0.2) is 17.2 Å². The van der Waals surface area contributed by atoms with Crippen molar-refractivity contribution in [3.63, 3.8) is 0 Å². The highest BCUT2D eigenvalue weighted by molar-refractivity contribution is 7.21. The third-order valence-electron chi connectivity index (χ3n) is 5.13. The zero-order valence-electron chi connectivity index (χ0n) is 17.8. The van der Waals surface area contributed by atoms with Crippen LogP contribution in [0.25, 0.3) is 20.9 Å². The average Bonchev–Trinajstić information content (AvgIpc) is 3.49. The number of methoxy groups -OCH3 is 2. The summed E-state index contributed by atoms with van der Waals surface area (Å²) in [4.78, 5) is 13.4. The molecule has 2 aromatic heterocycles. The number of hydrogen-bond acceptors (Lipinski definition) is 8. The predicted molar refractivity (Wildman–Crippen MR) is 125 cm³/mol. The Morgan fingerprint density at radius 3 is 2.64 bits per heavy atom. The number of aromatic amines is 1. The van der Waals surface area contributed by atoms with Crippen LogP contribution in [0.1, 0.15) is 15.2 Å². The molecule has 5 rings (SSSR count). The molecule has 0 aliphatic heterocycles. The zero-order chi connectivity index (χ0) is 22.8. The molecule has 5 aromatic rings. The molecule has 0 bridgehead atoms. The van der Waals surface area contributed by atoms with Crippen LogP contribution < -0.4 is 19.5 Å². The summed E-state index contributed by atoms with van der Waals surface area (Å²) in [6.07, 6.45) is 0. The summed E-state index contributed by atoms with van der Waals surface area (Å²) in [5, 5.41) is 18.9. The highest BCUT2D eigenvalue weighted by Crippen LogP contribution is 2.47. The molecule has 3 aromatic carbocycles. The van der Waals surface area contributed by atoms with Crippen molar-refractivity contribution in [3.05, 3.63) is 65.0 Å².